The highest BCUT2D eigenvalue weighted by molar-refractivity contribution is 5.95. The quantitative estimate of drug-likeness (QED) is 0.564. The Hall–Kier alpha value is -3.80. The van der Waals surface area contributed by atoms with E-state index in [4.69, 9.17) is 14.7 Å². The van der Waals surface area contributed by atoms with Crippen molar-refractivity contribution < 1.29 is 19.2 Å². The molecule has 0 atom stereocenters. The van der Waals surface area contributed by atoms with Crippen molar-refractivity contribution in [3.63, 3.8) is 0 Å². The van der Waals surface area contributed by atoms with Crippen LogP contribution in [-0.2, 0) is 0 Å². The Balaban J connectivity index is 1.73. The molecule has 0 spiro atoms. The number of amides is 1. The molecule has 9 nitrogen and oxygen atoms in total. The van der Waals surface area contributed by atoms with Crippen LogP contribution in [0.5, 0.6) is 11.5 Å². The van der Waals surface area contributed by atoms with Crippen LogP contribution >= 0.6 is 0 Å². The maximum absolute atomic E-state index is 12.8. The molecule has 0 N–H and O–H groups in total. The van der Waals surface area contributed by atoms with Gasteiger partial charge in [0.15, 0.2) is 11.5 Å². The van der Waals surface area contributed by atoms with E-state index in [1.165, 1.54) is 20.3 Å². The van der Waals surface area contributed by atoms with Crippen LogP contribution in [0.4, 0.5) is 11.4 Å². The predicted octanol–water partition coefficient (Wildman–Crippen LogP) is 2.45. The second-order valence-electron chi connectivity index (χ2n) is 6.42. The normalized spacial score (nSPS) is 13.6. The fourth-order valence-electron chi connectivity index (χ4n) is 3.31. The lowest BCUT2D eigenvalue weighted by molar-refractivity contribution is -0.384. The number of ether oxygens (including phenoxy) is 2. The van der Waals surface area contributed by atoms with Crippen molar-refractivity contribution >= 4 is 17.3 Å². The lowest BCUT2D eigenvalue weighted by atomic mass is 10.1. The zero-order valence-electron chi connectivity index (χ0n) is 16.1. The smallest absolute Gasteiger partial charge is 0.293 e. The highest BCUT2D eigenvalue weighted by Crippen LogP contribution is 2.31. The van der Waals surface area contributed by atoms with Gasteiger partial charge in [0.2, 0.25) is 0 Å². The lowest BCUT2D eigenvalue weighted by Gasteiger charge is -2.36. The molecule has 150 valence electrons. The third-order valence-electron chi connectivity index (χ3n) is 4.84. The van der Waals surface area contributed by atoms with Crippen LogP contribution in [0.3, 0.4) is 0 Å². The number of carbonyl (C=O) groups excluding carboxylic acids is 1. The lowest BCUT2D eigenvalue weighted by Crippen LogP contribution is -2.49. The number of nitriles is 1. The van der Waals surface area contributed by atoms with E-state index in [1.54, 1.807) is 35.2 Å². The molecule has 0 aromatic heterocycles. The number of hydrogen-bond acceptors (Lipinski definition) is 7. The minimum atomic E-state index is -0.489. The van der Waals surface area contributed by atoms with Crippen molar-refractivity contribution in [1.29, 1.82) is 5.26 Å². The molecule has 0 saturated carbocycles. The van der Waals surface area contributed by atoms with E-state index in [1.807, 2.05) is 11.0 Å². The van der Waals surface area contributed by atoms with Crippen LogP contribution in [0.1, 0.15) is 15.9 Å². The Bertz CT molecular complexity index is 977. The summed E-state index contributed by atoms with van der Waals surface area (Å²) in [5, 5.41) is 20.4. The molecule has 1 aliphatic heterocycles. The van der Waals surface area contributed by atoms with Crippen molar-refractivity contribution in [3.8, 4) is 17.6 Å². The monoisotopic (exact) mass is 396 g/mol. The summed E-state index contributed by atoms with van der Waals surface area (Å²) in [5.41, 5.74) is 1.07. The summed E-state index contributed by atoms with van der Waals surface area (Å²) < 4.78 is 10.4. The molecule has 0 aliphatic carbocycles. The van der Waals surface area contributed by atoms with Gasteiger partial charge in [-0.25, -0.2) is 0 Å². The number of methoxy groups -OCH3 is 2. The standard InChI is InChI=1S/C20H20N4O5/c1-28-18-6-4-15(12-19(18)29-2)20(25)23-9-7-22(8-10-23)16-5-3-14(13-21)11-17(16)24(26)27/h3-6,11-12H,7-10H2,1-2H3. The van der Waals surface area contributed by atoms with E-state index in [-0.39, 0.29) is 17.2 Å². The third-order valence-corrected chi connectivity index (χ3v) is 4.84. The maximum atomic E-state index is 12.8. The Morgan fingerprint density at radius 1 is 1.07 bits per heavy atom. The Labute approximate surface area is 167 Å². The third kappa shape index (κ3) is 4.06. The summed E-state index contributed by atoms with van der Waals surface area (Å²) >= 11 is 0. The molecular weight excluding hydrogens is 376 g/mol. The highest BCUT2D eigenvalue weighted by atomic mass is 16.6. The minimum absolute atomic E-state index is 0.108. The maximum Gasteiger partial charge on any atom is 0.293 e. The number of anilines is 1. The highest BCUT2D eigenvalue weighted by Gasteiger charge is 2.27. The number of piperazine rings is 1. The van der Waals surface area contributed by atoms with Crippen molar-refractivity contribution in [1.82, 2.24) is 4.90 Å². The first kappa shape index (κ1) is 19.9. The van der Waals surface area contributed by atoms with E-state index in [2.05, 4.69) is 0 Å². The number of nitrogens with zero attached hydrogens (tertiary/aromatic N) is 4. The van der Waals surface area contributed by atoms with Crippen LogP contribution < -0.4 is 14.4 Å². The number of hydrogen-bond donors (Lipinski definition) is 0. The van der Waals surface area contributed by atoms with Crippen LogP contribution in [0, 0.1) is 21.4 Å². The van der Waals surface area contributed by atoms with Gasteiger partial charge in [0.1, 0.15) is 5.69 Å². The van der Waals surface area contributed by atoms with Gasteiger partial charge in [-0.3, -0.25) is 14.9 Å². The van der Waals surface area contributed by atoms with Gasteiger partial charge in [0, 0.05) is 37.8 Å². The molecule has 3 rings (SSSR count). The minimum Gasteiger partial charge on any atom is -0.493 e. The second-order valence-corrected chi connectivity index (χ2v) is 6.42. The summed E-state index contributed by atoms with van der Waals surface area (Å²) in [6, 6.07) is 11.3. The summed E-state index contributed by atoms with van der Waals surface area (Å²) in [5.74, 6) is 0.882. The van der Waals surface area contributed by atoms with Crippen LogP contribution in [0.25, 0.3) is 0 Å². The molecule has 1 aliphatic rings. The molecule has 1 heterocycles. The number of rotatable bonds is 5. The summed E-state index contributed by atoms with van der Waals surface area (Å²) in [4.78, 5) is 27.3. The zero-order chi connectivity index (χ0) is 21.0. The molecule has 1 amide bonds. The van der Waals surface area contributed by atoms with Gasteiger partial charge < -0.3 is 19.3 Å². The molecule has 9 heteroatoms. The number of nitro groups is 1. The first-order chi connectivity index (χ1) is 14.0. The molecular formula is C20H20N4O5. The first-order valence-electron chi connectivity index (χ1n) is 8.93. The fourth-order valence-corrected chi connectivity index (χ4v) is 3.31. The first-order valence-corrected chi connectivity index (χ1v) is 8.93. The molecule has 1 saturated heterocycles. The van der Waals surface area contributed by atoms with Gasteiger partial charge in [0.25, 0.3) is 11.6 Å². The average Bonchev–Trinajstić information content (AvgIpc) is 2.77. The molecule has 0 unspecified atom stereocenters. The topological polar surface area (TPSA) is 109 Å². The van der Waals surface area contributed by atoms with Crippen LogP contribution in [0.15, 0.2) is 36.4 Å². The van der Waals surface area contributed by atoms with Crippen molar-refractivity contribution in [2.75, 3.05) is 45.3 Å². The summed E-state index contributed by atoms with van der Waals surface area (Å²) in [6.45, 7) is 1.74. The Morgan fingerprint density at radius 2 is 1.76 bits per heavy atom. The largest absolute Gasteiger partial charge is 0.493 e. The van der Waals surface area contributed by atoms with Gasteiger partial charge in [0.05, 0.1) is 30.8 Å². The van der Waals surface area contributed by atoms with Gasteiger partial charge in [-0.2, -0.15) is 5.26 Å². The molecule has 1 fully saturated rings. The molecule has 29 heavy (non-hydrogen) atoms. The second kappa shape index (κ2) is 8.48. The number of benzene rings is 2. The van der Waals surface area contributed by atoms with E-state index < -0.39 is 4.92 Å². The van der Waals surface area contributed by atoms with Crippen LogP contribution in [0.2, 0.25) is 0 Å². The van der Waals surface area contributed by atoms with Crippen LogP contribution in [-0.4, -0.2) is 56.1 Å². The molecule has 2 aromatic carbocycles. The summed E-state index contributed by atoms with van der Waals surface area (Å²) in [6.07, 6.45) is 0. The van der Waals surface area contributed by atoms with E-state index >= 15 is 0 Å². The molecule has 0 radical (unpaired) electrons. The van der Waals surface area contributed by atoms with Gasteiger partial charge >= 0.3 is 0 Å². The predicted molar refractivity (Wildman–Crippen MR) is 105 cm³/mol. The van der Waals surface area contributed by atoms with Crippen molar-refractivity contribution in [3.05, 3.63) is 57.6 Å². The number of nitro benzene ring substituents is 1. The van der Waals surface area contributed by atoms with Gasteiger partial charge in [-0.05, 0) is 30.3 Å². The summed E-state index contributed by atoms with van der Waals surface area (Å²) in [7, 11) is 3.04. The fraction of sp³-hybridized carbons (Fsp3) is 0.300. The van der Waals surface area contributed by atoms with Crippen molar-refractivity contribution in [2.24, 2.45) is 0 Å². The molecule has 0 bridgehead atoms. The molecule has 2 aromatic rings. The van der Waals surface area contributed by atoms with E-state index in [9.17, 15) is 14.9 Å². The van der Waals surface area contributed by atoms with Gasteiger partial charge in [-0.1, -0.05) is 0 Å². The van der Waals surface area contributed by atoms with Gasteiger partial charge in [-0.15, -0.1) is 0 Å². The Kier molecular flexibility index (Phi) is 5.83. The van der Waals surface area contributed by atoms with E-state index in [0.29, 0.717) is 48.9 Å². The number of carbonyl (C=O) groups is 1. The Morgan fingerprint density at radius 3 is 2.34 bits per heavy atom. The zero-order valence-corrected chi connectivity index (χ0v) is 16.1. The SMILES string of the molecule is COc1ccc(C(=O)N2CCN(c3ccc(C#N)cc3[N+](=O)[O-])CC2)cc1OC. The van der Waals surface area contributed by atoms with Crippen molar-refractivity contribution in [2.45, 2.75) is 0 Å². The van der Waals surface area contributed by atoms with E-state index in [0.717, 1.165) is 0 Å². The average molecular weight is 396 g/mol.